The van der Waals surface area contributed by atoms with E-state index in [2.05, 4.69) is 22.5 Å². The van der Waals surface area contributed by atoms with Crippen LogP contribution < -0.4 is 15.8 Å². The van der Waals surface area contributed by atoms with Crippen LogP contribution in [-0.2, 0) is 18.4 Å². The highest BCUT2D eigenvalue weighted by molar-refractivity contribution is 5.99. The molecule has 0 radical (unpaired) electrons. The van der Waals surface area contributed by atoms with Gasteiger partial charge < -0.3 is 10.2 Å². The summed E-state index contributed by atoms with van der Waals surface area (Å²) in [5.74, 6) is 0.642. The lowest BCUT2D eigenvalue weighted by Gasteiger charge is -2.33. The zero-order valence-corrected chi connectivity index (χ0v) is 18.5. The fraction of sp³-hybridized carbons (Fsp3) is 0.440. The van der Waals surface area contributed by atoms with Crippen molar-refractivity contribution in [2.45, 2.75) is 57.0 Å². The van der Waals surface area contributed by atoms with Crippen LogP contribution in [0.3, 0.4) is 0 Å². The van der Waals surface area contributed by atoms with Crippen molar-refractivity contribution >= 4 is 22.4 Å². The number of nitrogens with one attached hydrogen (secondary N) is 1. The predicted octanol–water partition coefficient (Wildman–Crippen LogP) is 3.27. The molecule has 166 valence electrons. The molecule has 2 aromatic heterocycles. The molecular formula is C25H29N5O2. The summed E-state index contributed by atoms with van der Waals surface area (Å²) in [6.45, 7) is 1.25. The molecular weight excluding hydrogens is 402 g/mol. The molecule has 1 amide bonds. The van der Waals surface area contributed by atoms with Crippen molar-refractivity contribution in [1.29, 1.82) is 0 Å². The first-order chi connectivity index (χ1) is 15.6. The summed E-state index contributed by atoms with van der Waals surface area (Å²) in [4.78, 5) is 32.1. The fourth-order valence-electron chi connectivity index (χ4n) is 4.75. The molecule has 2 fully saturated rings. The van der Waals surface area contributed by atoms with E-state index in [4.69, 9.17) is 4.98 Å². The van der Waals surface area contributed by atoms with Gasteiger partial charge in [0.05, 0.1) is 29.9 Å². The molecule has 0 spiro atoms. The molecule has 2 aliphatic rings. The molecule has 1 N–H and O–H groups in total. The van der Waals surface area contributed by atoms with Gasteiger partial charge in [0.2, 0.25) is 5.91 Å². The van der Waals surface area contributed by atoms with Gasteiger partial charge in [-0.05, 0) is 61.6 Å². The second kappa shape index (κ2) is 8.82. The molecule has 1 aliphatic carbocycles. The van der Waals surface area contributed by atoms with E-state index in [0.717, 1.165) is 29.7 Å². The number of hydrogen-bond acceptors (Lipinski definition) is 5. The van der Waals surface area contributed by atoms with Gasteiger partial charge >= 0.3 is 0 Å². The van der Waals surface area contributed by atoms with Crippen molar-refractivity contribution in [1.82, 2.24) is 20.1 Å². The summed E-state index contributed by atoms with van der Waals surface area (Å²) in [6, 6.07) is 9.55. The van der Waals surface area contributed by atoms with Crippen LogP contribution >= 0.6 is 0 Å². The highest BCUT2D eigenvalue weighted by Gasteiger charge is 2.30. The maximum atomic E-state index is 13.3. The van der Waals surface area contributed by atoms with Crippen LogP contribution in [0.2, 0.25) is 0 Å². The van der Waals surface area contributed by atoms with Gasteiger partial charge in [0, 0.05) is 24.3 Å². The first-order valence-corrected chi connectivity index (χ1v) is 11.6. The van der Waals surface area contributed by atoms with Crippen molar-refractivity contribution in [2.24, 2.45) is 7.05 Å². The Morgan fingerprint density at radius 2 is 1.94 bits per heavy atom. The average molecular weight is 432 g/mol. The summed E-state index contributed by atoms with van der Waals surface area (Å²) in [5.41, 5.74) is 2.77. The molecule has 1 aromatic carbocycles. The van der Waals surface area contributed by atoms with Crippen LogP contribution in [0.4, 0.5) is 5.69 Å². The lowest BCUT2D eigenvalue weighted by molar-refractivity contribution is -0.122. The fourth-order valence-corrected chi connectivity index (χ4v) is 4.75. The topological polar surface area (TPSA) is 80.1 Å². The van der Waals surface area contributed by atoms with Gasteiger partial charge in [-0.1, -0.05) is 25.3 Å². The number of aryl methyl sites for hydroxylation is 1. The Labute approximate surface area is 187 Å². The van der Waals surface area contributed by atoms with Gasteiger partial charge in [0.15, 0.2) is 0 Å². The van der Waals surface area contributed by atoms with E-state index in [-0.39, 0.29) is 17.5 Å². The highest BCUT2D eigenvalue weighted by Crippen LogP contribution is 2.32. The summed E-state index contributed by atoms with van der Waals surface area (Å²) in [5, 5.41) is 8.66. The maximum absolute atomic E-state index is 13.3. The zero-order valence-electron chi connectivity index (χ0n) is 18.5. The van der Waals surface area contributed by atoms with Crippen LogP contribution in [0.25, 0.3) is 10.8 Å². The number of hydrogen-bond donors (Lipinski definition) is 1. The van der Waals surface area contributed by atoms with Gasteiger partial charge in [-0.3, -0.25) is 14.6 Å². The molecule has 32 heavy (non-hydrogen) atoms. The average Bonchev–Trinajstić information content (AvgIpc) is 2.79. The normalized spacial score (nSPS) is 19.0. The van der Waals surface area contributed by atoms with Crippen LogP contribution in [0.5, 0.6) is 0 Å². The smallest absolute Gasteiger partial charge is 0.274 e. The molecule has 1 aliphatic heterocycles. The number of carbonyl (C=O) groups excluding carboxylic acids is 1. The first kappa shape index (κ1) is 20.8. The van der Waals surface area contributed by atoms with Gasteiger partial charge in [0.25, 0.3) is 5.56 Å². The standard InChI is InChI=1S/C25H29N5O2/c1-29-24(31)22-10-9-21(13-19(22)15-28-29)30(25(32)23-11-12-26-23)16-20-8-7-18(14-27-20)17-5-3-2-4-6-17/h7-10,13-15,17,23,26H,2-6,11-12,16H2,1H3. The summed E-state index contributed by atoms with van der Waals surface area (Å²) in [7, 11) is 1.64. The van der Waals surface area contributed by atoms with Crippen LogP contribution in [0.1, 0.15) is 55.7 Å². The Morgan fingerprint density at radius 3 is 2.62 bits per heavy atom. The van der Waals surface area contributed by atoms with Gasteiger partial charge in [-0.2, -0.15) is 5.10 Å². The van der Waals surface area contributed by atoms with Gasteiger partial charge in [-0.15, -0.1) is 0 Å². The highest BCUT2D eigenvalue weighted by atomic mass is 16.2. The Kier molecular flexibility index (Phi) is 5.74. The number of pyridine rings is 1. The Bertz CT molecular complexity index is 1180. The molecule has 1 unspecified atom stereocenters. The van der Waals surface area contributed by atoms with Crippen LogP contribution in [-0.4, -0.2) is 33.3 Å². The van der Waals surface area contributed by atoms with E-state index in [9.17, 15) is 9.59 Å². The first-order valence-electron chi connectivity index (χ1n) is 11.6. The van der Waals surface area contributed by atoms with E-state index >= 15 is 0 Å². The second-order valence-electron chi connectivity index (χ2n) is 8.98. The zero-order chi connectivity index (χ0) is 22.1. The van der Waals surface area contributed by atoms with Crippen molar-refractivity contribution in [3.8, 4) is 0 Å². The number of benzene rings is 1. The molecule has 1 atom stereocenters. The maximum Gasteiger partial charge on any atom is 0.274 e. The predicted molar refractivity (Wildman–Crippen MR) is 125 cm³/mol. The lowest BCUT2D eigenvalue weighted by atomic mass is 9.85. The largest absolute Gasteiger partial charge is 0.306 e. The third-order valence-corrected chi connectivity index (χ3v) is 6.87. The molecule has 3 heterocycles. The minimum absolute atomic E-state index is 0.0329. The third-order valence-electron chi connectivity index (χ3n) is 6.87. The molecule has 1 saturated carbocycles. The van der Waals surface area contributed by atoms with Crippen molar-refractivity contribution < 1.29 is 4.79 Å². The molecule has 3 aromatic rings. The minimum atomic E-state index is -0.172. The number of fused-ring (bicyclic) bond motifs is 1. The molecule has 7 heteroatoms. The summed E-state index contributed by atoms with van der Waals surface area (Å²) in [6.07, 6.45) is 10.9. The van der Waals surface area contributed by atoms with Gasteiger partial charge in [0.1, 0.15) is 0 Å². The number of nitrogens with zero attached hydrogens (tertiary/aromatic N) is 4. The van der Waals surface area contributed by atoms with E-state index in [1.807, 2.05) is 18.3 Å². The Hall–Kier alpha value is -3.06. The van der Waals surface area contributed by atoms with Crippen molar-refractivity contribution in [2.75, 3.05) is 11.4 Å². The molecule has 5 rings (SSSR count). The third kappa shape index (κ3) is 4.05. The van der Waals surface area contributed by atoms with Crippen LogP contribution in [0, 0.1) is 0 Å². The Morgan fingerprint density at radius 1 is 1.12 bits per heavy atom. The van der Waals surface area contributed by atoms with E-state index in [0.29, 0.717) is 17.8 Å². The molecule has 7 nitrogen and oxygen atoms in total. The summed E-state index contributed by atoms with van der Waals surface area (Å²) < 4.78 is 1.32. The number of rotatable bonds is 5. The molecule has 1 saturated heterocycles. The second-order valence-corrected chi connectivity index (χ2v) is 8.98. The van der Waals surface area contributed by atoms with Crippen molar-refractivity contribution in [3.63, 3.8) is 0 Å². The van der Waals surface area contributed by atoms with Crippen LogP contribution in [0.15, 0.2) is 47.5 Å². The van der Waals surface area contributed by atoms with E-state index in [1.54, 1.807) is 24.2 Å². The molecule has 0 bridgehead atoms. The number of anilines is 1. The number of aromatic nitrogens is 3. The van der Waals surface area contributed by atoms with E-state index < -0.39 is 0 Å². The quantitative estimate of drug-likeness (QED) is 0.671. The lowest BCUT2D eigenvalue weighted by Crippen LogP contribution is -2.54. The Balaban J connectivity index is 1.43. The van der Waals surface area contributed by atoms with Gasteiger partial charge in [-0.25, -0.2) is 4.68 Å². The number of carbonyl (C=O) groups is 1. The monoisotopic (exact) mass is 431 g/mol. The minimum Gasteiger partial charge on any atom is -0.306 e. The van der Waals surface area contributed by atoms with Crippen molar-refractivity contribution in [3.05, 3.63) is 64.3 Å². The summed E-state index contributed by atoms with van der Waals surface area (Å²) >= 11 is 0. The van der Waals surface area contributed by atoms with E-state index in [1.165, 1.54) is 42.3 Å². The number of amides is 1. The SMILES string of the molecule is Cn1ncc2cc(N(Cc3ccc(C4CCCCC4)cn3)C(=O)C3CCN3)ccc2c1=O.